The van der Waals surface area contributed by atoms with E-state index < -0.39 is 60.4 Å². The zero-order chi connectivity index (χ0) is 42.1. The normalized spacial score (nSPS) is 14.4. The monoisotopic (exact) mass is 654 g/mol. The van der Waals surface area contributed by atoms with Crippen LogP contribution < -0.4 is 0 Å². The highest BCUT2D eigenvalue weighted by Gasteiger charge is 2.15. The van der Waals surface area contributed by atoms with Gasteiger partial charge in [0.1, 0.15) is 0 Å². The molecule has 0 radical (unpaired) electrons. The van der Waals surface area contributed by atoms with Gasteiger partial charge in [0.2, 0.25) is 0 Å². The Balaban J connectivity index is 1.30. The number of benzene rings is 7. The summed E-state index contributed by atoms with van der Waals surface area (Å²) in [6, 6.07) is 29.2. The van der Waals surface area contributed by atoms with Crippen molar-refractivity contribution in [2.45, 2.75) is 0 Å². The first-order valence-electron chi connectivity index (χ1n) is 21.0. The van der Waals surface area contributed by atoms with E-state index in [1.165, 1.54) is 0 Å². The van der Waals surface area contributed by atoms with Crippen molar-refractivity contribution in [3.05, 3.63) is 176 Å². The van der Waals surface area contributed by atoms with Gasteiger partial charge in [-0.3, -0.25) is 0 Å². The van der Waals surface area contributed by atoms with Crippen molar-refractivity contribution < 1.29 is 15.1 Å². The maximum atomic E-state index is 9.59. The molecule has 0 aliphatic rings. The molecular formula is C45H29N3S. The third-order valence-electron chi connectivity index (χ3n) is 8.10. The van der Waals surface area contributed by atoms with Crippen LogP contribution in [-0.4, -0.2) is 15.0 Å². The first kappa shape index (κ1) is 19.6. The van der Waals surface area contributed by atoms with Gasteiger partial charge in [0.25, 0.3) is 0 Å². The van der Waals surface area contributed by atoms with Gasteiger partial charge in [-0.2, -0.15) is 0 Å². The summed E-state index contributed by atoms with van der Waals surface area (Å²) in [5, 5.41) is -0.0354. The summed E-state index contributed by atoms with van der Waals surface area (Å²) < 4.78 is 98.0. The molecule has 9 rings (SSSR count). The van der Waals surface area contributed by atoms with Gasteiger partial charge in [-0.25, -0.2) is 15.0 Å². The second kappa shape index (κ2) is 12.4. The van der Waals surface area contributed by atoms with Crippen molar-refractivity contribution in [3.63, 3.8) is 0 Å². The van der Waals surface area contributed by atoms with Crippen LogP contribution in [0.5, 0.6) is 0 Å². The minimum absolute atomic E-state index is 0.00925. The predicted octanol–water partition coefficient (Wildman–Crippen LogP) is 12.2. The van der Waals surface area contributed by atoms with Gasteiger partial charge >= 0.3 is 0 Å². The molecule has 0 saturated carbocycles. The van der Waals surface area contributed by atoms with E-state index in [-0.39, 0.29) is 60.4 Å². The van der Waals surface area contributed by atoms with Crippen molar-refractivity contribution >= 4 is 31.5 Å². The van der Waals surface area contributed by atoms with Crippen molar-refractivity contribution in [2.24, 2.45) is 0 Å². The Labute approximate surface area is 304 Å². The molecule has 2 aromatic heterocycles. The third-order valence-corrected chi connectivity index (χ3v) is 9.12. The summed E-state index contributed by atoms with van der Waals surface area (Å²) in [5.74, 6) is 0.257. The molecule has 0 spiro atoms. The largest absolute Gasteiger partial charge is 0.208 e. The Kier molecular flexibility index (Phi) is 4.96. The highest BCUT2D eigenvalue weighted by molar-refractivity contribution is 7.25. The van der Waals surface area contributed by atoms with Crippen LogP contribution in [0.4, 0.5) is 0 Å². The van der Waals surface area contributed by atoms with E-state index in [2.05, 4.69) is 0 Å². The second-order valence-corrected chi connectivity index (χ2v) is 12.2. The van der Waals surface area contributed by atoms with Gasteiger partial charge in [-0.05, 0) is 63.6 Å². The molecule has 9 aromatic rings. The van der Waals surface area contributed by atoms with Crippen LogP contribution in [0, 0.1) is 0 Å². The summed E-state index contributed by atoms with van der Waals surface area (Å²) in [7, 11) is 0. The zero-order valence-electron chi connectivity index (χ0n) is 36.6. The maximum absolute atomic E-state index is 9.59. The maximum Gasteiger partial charge on any atom is 0.164 e. The highest BCUT2D eigenvalue weighted by Crippen LogP contribution is 2.37. The number of thiophene rings is 1. The fourth-order valence-electron chi connectivity index (χ4n) is 5.67. The number of aromatic nitrogens is 3. The Morgan fingerprint density at radius 3 is 1.69 bits per heavy atom. The molecular weight excluding hydrogens is 615 g/mol. The fourth-order valence-corrected chi connectivity index (χ4v) is 6.58. The minimum atomic E-state index is -0.627. The summed E-state index contributed by atoms with van der Waals surface area (Å²) in [5.41, 5.74) is 4.03. The summed E-state index contributed by atoms with van der Waals surface area (Å²) in [4.78, 5) is 14.4. The van der Waals surface area contributed by atoms with E-state index in [0.717, 1.165) is 33.6 Å². The third kappa shape index (κ3) is 5.69. The molecule has 4 heteroatoms. The Morgan fingerprint density at radius 1 is 0.367 bits per heavy atom. The topological polar surface area (TPSA) is 38.7 Å². The van der Waals surface area contributed by atoms with Gasteiger partial charge in [0.05, 0.1) is 15.1 Å². The van der Waals surface area contributed by atoms with Crippen LogP contribution in [0.3, 0.4) is 0 Å². The zero-order valence-corrected chi connectivity index (χ0v) is 26.5. The molecule has 49 heavy (non-hydrogen) atoms. The molecule has 0 fully saturated rings. The smallest absolute Gasteiger partial charge is 0.164 e. The van der Waals surface area contributed by atoms with Gasteiger partial charge in [0, 0.05) is 36.9 Å². The minimum Gasteiger partial charge on any atom is -0.208 e. The van der Waals surface area contributed by atoms with Crippen LogP contribution in [0.25, 0.3) is 87.7 Å². The first-order valence-corrected chi connectivity index (χ1v) is 16.3. The quantitative estimate of drug-likeness (QED) is 0.179. The molecule has 230 valence electrons. The molecule has 0 atom stereocenters. The van der Waals surface area contributed by atoms with Gasteiger partial charge in [0.15, 0.2) is 17.5 Å². The SMILES string of the molecule is [2H]c1c([2H])c(-c2nc(-c3ccc(-c4ccccc4)cc3)nc(-c3cccc(-c4ccccc4)c3)n2)c([2H])c(-c2c([2H])c([2H])c3sc4c([2H])c([2H])c([2H])c([2H])c4c3c2[2H])c1[2H]. The number of hydrogen-bond donors (Lipinski definition) is 0. The summed E-state index contributed by atoms with van der Waals surface area (Å²) in [6.07, 6.45) is 0. The van der Waals surface area contributed by atoms with E-state index in [1.54, 1.807) is 0 Å². The molecule has 0 bridgehead atoms. The van der Waals surface area contributed by atoms with Crippen molar-refractivity contribution in [2.75, 3.05) is 0 Å². The molecule has 2 heterocycles. The lowest BCUT2D eigenvalue weighted by atomic mass is 10.0. The van der Waals surface area contributed by atoms with E-state index in [1.807, 2.05) is 109 Å². The van der Waals surface area contributed by atoms with Crippen LogP contribution in [-0.2, 0) is 0 Å². The van der Waals surface area contributed by atoms with E-state index in [9.17, 15) is 2.74 Å². The lowest BCUT2D eigenvalue weighted by molar-refractivity contribution is 1.07. The Bertz CT molecular complexity index is 3210. The summed E-state index contributed by atoms with van der Waals surface area (Å²) >= 11 is 0.870. The van der Waals surface area contributed by atoms with Crippen LogP contribution in [0.1, 0.15) is 15.1 Å². The van der Waals surface area contributed by atoms with Crippen molar-refractivity contribution in [1.29, 1.82) is 0 Å². The van der Waals surface area contributed by atoms with E-state index in [4.69, 9.17) is 27.3 Å². The van der Waals surface area contributed by atoms with Crippen LogP contribution >= 0.6 is 11.3 Å². The summed E-state index contributed by atoms with van der Waals surface area (Å²) in [6.45, 7) is 0. The average molecular weight is 655 g/mol. The highest BCUT2D eigenvalue weighted by atomic mass is 32.1. The Morgan fingerprint density at radius 2 is 0.918 bits per heavy atom. The van der Waals surface area contributed by atoms with Crippen LogP contribution in [0.15, 0.2) is 176 Å². The lowest BCUT2D eigenvalue weighted by Crippen LogP contribution is -2.00. The van der Waals surface area contributed by atoms with Gasteiger partial charge in [-0.15, -0.1) is 11.3 Å². The number of fused-ring (bicyclic) bond motifs is 3. The average Bonchev–Trinajstić information content (AvgIpc) is 3.69. The molecule has 0 N–H and O–H groups in total. The van der Waals surface area contributed by atoms with E-state index in [0.29, 0.717) is 11.1 Å². The number of hydrogen-bond acceptors (Lipinski definition) is 4. The second-order valence-electron chi connectivity index (χ2n) is 11.2. The standard InChI is InChI=1S/C45H29N3S/c1-3-11-30(12-4-1)32-21-23-33(24-22-32)43-46-44(37-17-9-15-34(27-37)31-13-5-2-6-14-31)48-45(47-43)38-18-10-16-35(28-38)36-25-26-42-40(29-36)39-19-7-8-20-41(39)49-42/h1-29H/i7D,8D,10D,16D,18D,19D,20D,25D,26D,28D,29D. The molecule has 3 nitrogen and oxygen atoms in total. The molecule has 0 saturated heterocycles. The molecule has 0 aliphatic heterocycles. The van der Waals surface area contributed by atoms with Gasteiger partial charge < -0.3 is 0 Å². The predicted molar refractivity (Wildman–Crippen MR) is 205 cm³/mol. The lowest BCUT2D eigenvalue weighted by Gasteiger charge is -2.11. The fraction of sp³-hybridized carbons (Fsp3) is 0. The van der Waals surface area contributed by atoms with E-state index >= 15 is 0 Å². The molecule has 7 aromatic carbocycles. The van der Waals surface area contributed by atoms with Crippen LogP contribution in [0.2, 0.25) is 0 Å². The van der Waals surface area contributed by atoms with Crippen molar-refractivity contribution in [3.8, 4) is 67.5 Å². The van der Waals surface area contributed by atoms with Gasteiger partial charge in [-0.1, -0.05) is 145 Å². The molecule has 0 unspecified atom stereocenters. The molecule has 0 amide bonds. The van der Waals surface area contributed by atoms with Crippen molar-refractivity contribution in [1.82, 2.24) is 15.0 Å². The number of nitrogens with zero attached hydrogens (tertiary/aromatic N) is 3. The molecule has 0 aliphatic carbocycles. The first-order chi connectivity index (χ1) is 28.8. The Hall–Kier alpha value is -6.23. The number of rotatable bonds is 6.